The first-order valence-electron chi connectivity index (χ1n) is 10.5. The number of rotatable bonds is 1. The Morgan fingerprint density at radius 2 is 1.24 bits per heavy atom. The summed E-state index contributed by atoms with van der Waals surface area (Å²) in [6, 6.07) is 22.6. The molecule has 0 unspecified atom stereocenters. The number of ketones is 1. The number of fused-ring (bicyclic) bond motifs is 6. The number of carbonyl (C=O) groups excluding carboxylic acids is 1. The lowest BCUT2D eigenvalue weighted by Gasteiger charge is -2.02. The first kappa shape index (κ1) is 24.0. The molecule has 0 fully saturated rings. The Hall–Kier alpha value is -2.19. The summed E-state index contributed by atoms with van der Waals surface area (Å²) < 4.78 is 0. The Labute approximate surface area is 210 Å². The number of hydrogen-bond donors (Lipinski definition) is 0. The van der Waals surface area contributed by atoms with Crippen LogP contribution in [0.4, 0.5) is 0 Å². The lowest BCUT2D eigenvalue weighted by atomic mass is 10.0. The molecule has 0 saturated heterocycles. The van der Waals surface area contributed by atoms with E-state index in [4.69, 9.17) is 30.1 Å². The second-order valence-corrected chi connectivity index (χ2v) is 14.1. The van der Waals surface area contributed by atoms with Crippen LogP contribution in [0.15, 0.2) is 79.1 Å². The minimum Gasteiger partial charge on any atom is -0.295 e. The Balaban J connectivity index is 0.000000138. The quantitative estimate of drug-likeness (QED) is 0.174. The molecule has 0 amide bonds. The van der Waals surface area contributed by atoms with E-state index < -0.39 is 11.4 Å². The van der Waals surface area contributed by atoms with Gasteiger partial charge in [0, 0.05) is 41.9 Å². The first-order chi connectivity index (χ1) is 15.9. The average molecular weight is 510 g/mol. The molecule has 0 aliphatic heterocycles. The third-order valence-corrected chi connectivity index (χ3v) is 5.61. The van der Waals surface area contributed by atoms with Crippen LogP contribution in [0.5, 0.6) is 0 Å². The van der Waals surface area contributed by atoms with Gasteiger partial charge in [-0.1, -0.05) is 48.5 Å². The summed E-state index contributed by atoms with van der Waals surface area (Å²) in [5.41, 5.74) is 10.7. The van der Waals surface area contributed by atoms with Gasteiger partial charge in [-0.05, 0) is 47.4 Å². The molecule has 4 aromatic rings. The van der Waals surface area contributed by atoms with E-state index in [1.165, 1.54) is 33.5 Å². The highest BCUT2D eigenvalue weighted by Crippen LogP contribution is 2.36. The van der Waals surface area contributed by atoms with Crippen molar-refractivity contribution in [2.24, 2.45) is 0 Å². The molecule has 2 heterocycles. The Kier molecular flexibility index (Phi) is 7.86. The van der Waals surface area contributed by atoms with Crippen molar-refractivity contribution >= 4 is 47.3 Å². The summed E-state index contributed by atoms with van der Waals surface area (Å²) in [6.45, 7) is 1.60. The third kappa shape index (κ3) is 5.66. The predicted octanol–water partition coefficient (Wildman–Crippen LogP) is 7.20. The largest absolute Gasteiger partial charge is 0.643 e. The van der Waals surface area contributed by atoms with Crippen molar-refractivity contribution in [3.63, 3.8) is 0 Å². The van der Waals surface area contributed by atoms with Gasteiger partial charge in [0.25, 0.3) is 0 Å². The van der Waals surface area contributed by atoms with Crippen LogP contribution in [0.25, 0.3) is 22.3 Å². The Morgan fingerprint density at radius 1 is 0.727 bits per heavy atom. The van der Waals surface area contributed by atoms with Crippen LogP contribution >= 0.6 is 30.1 Å². The highest BCUT2D eigenvalue weighted by atomic mass is 35.8. The topological polar surface area (TPSA) is 42.9 Å². The van der Waals surface area contributed by atoms with E-state index in [9.17, 15) is 4.79 Å². The predicted molar refractivity (Wildman–Crippen MR) is 138 cm³/mol. The SMILES string of the molecule is CC(=O)c1ccc2c(c1)-c1cccnc1C2.[Cl][Al]([Cl])[Cl].c1ccc2c(c1)Cc1ncccc1-2. The van der Waals surface area contributed by atoms with Crippen LogP contribution in [0.1, 0.15) is 39.8 Å². The maximum absolute atomic E-state index is 11.3. The molecule has 164 valence electrons. The fourth-order valence-corrected chi connectivity index (χ4v) is 4.15. The molecule has 2 aromatic carbocycles. The molecule has 0 atom stereocenters. The number of Topliss-reactive ketones (excluding diaryl/α,β-unsaturated/α-hetero) is 1. The number of hydrogen-bond acceptors (Lipinski definition) is 3. The van der Waals surface area contributed by atoms with Crippen molar-refractivity contribution in [1.29, 1.82) is 0 Å². The fourth-order valence-electron chi connectivity index (χ4n) is 4.15. The molecule has 2 aliphatic rings. The fraction of sp³-hybridized carbons (Fsp3) is 0.115. The minimum atomic E-state index is -1.72. The Morgan fingerprint density at radius 3 is 1.85 bits per heavy atom. The van der Waals surface area contributed by atoms with Crippen LogP contribution < -0.4 is 0 Å². The third-order valence-electron chi connectivity index (χ3n) is 5.61. The van der Waals surface area contributed by atoms with Crippen molar-refractivity contribution in [3.05, 3.63) is 107 Å². The average Bonchev–Trinajstić information content (AvgIpc) is 3.37. The van der Waals surface area contributed by atoms with Gasteiger partial charge < -0.3 is 0 Å². The van der Waals surface area contributed by atoms with Gasteiger partial charge >= 0.3 is 11.4 Å². The van der Waals surface area contributed by atoms with Gasteiger partial charge in [0.15, 0.2) is 5.78 Å². The van der Waals surface area contributed by atoms with Crippen LogP contribution in [0.2, 0.25) is 0 Å². The van der Waals surface area contributed by atoms with Gasteiger partial charge in [-0.3, -0.25) is 14.8 Å². The second-order valence-electron chi connectivity index (χ2n) is 7.68. The molecule has 3 nitrogen and oxygen atoms in total. The lowest BCUT2D eigenvalue weighted by Crippen LogP contribution is -1.92. The minimum absolute atomic E-state index is 0.111. The van der Waals surface area contributed by atoms with Crippen molar-refractivity contribution < 1.29 is 4.79 Å². The molecule has 33 heavy (non-hydrogen) atoms. The summed E-state index contributed by atoms with van der Waals surface area (Å²) >= 11 is -1.72. The van der Waals surface area contributed by atoms with E-state index in [2.05, 4.69) is 46.4 Å². The van der Waals surface area contributed by atoms with Gasteiger partial charge in [0.05, 0.1) is 11.4 Å². The van der Waals surface area contributed by atoms with E-state index in [0.29, 0.717) is 0 Å². The van der Waals surface area contributed by atoms with Crippen molar-refractivity contribution in [1.82, 2.24) is 9.97 Å². The molecule has 7 heteroatoms. The van der Waals surface area contributed by atoms with Gasteiger partial charge in [0.2, 0.25) is 0 Å². The molecular formula is C26H20AlCl3N2O. The van der Waals surface area contributed by atoms with Crippen LogP contribution in [-0.2, 0) is 12.8 Å². The lowest BCUT2D eigenvalue weighted by molar-refractivity contribution is 0.101. The number of pyridine rings is 2. The highest BCUT2D eigenvalue weighted by Gasteiger charge is 2.20. The monoisotopic (exact) mass is 508 g/mol. The molecule has 6 rings (SSSR count). The van der Waals surface area contributed by atoms with Crippen molar-refractivity contribution in [2.45, 2.75) is 19.8 Å². The number of halogens is 3. The van der Waals surface area contributed by atoms with E-state index >= 15 is 0 Å². The number of nitrogens with zero attached hydrogens (tertiary/aromatic N) is 2. The number of benzene rings is 2. The zero-order valence-electron chi connectivity index (χ0n) is 17.9. The summed E-state index contributed by atoms with van der Waals surface area (Å²) in [5.74, 6) is 0.111. The number of carbonyl (C=O) groups is 1. The van der Waals surface area contributed by atoms with Crippen LogP contribution in [0.3, 0.4) is 0 Å². The van der Waals surface area contributed by atoms with E-state index in [0.717, 1.165) is 29.7 Å². The van der Waals surface area contributed by atoms with Crippen molar-refractivity contribution in [2.75, 3.05) is 0 Å². The van der Waals surface area contributed by atoms with Crippen LogP contribution in [0, 0.1) is 0 Å². The highest BCUT2D eigenvalue weighted by molar-refractivity contribution is 7.54. The van der Waals surface area contributed by atoms with E-state index in [1.807, 2.05) is 42.7 Å². The number of aromatic nitrogens is 2. The van der Waals surface area contributed by atoms with Gasteiger partial charge in [-0.25, -0.2) is 30.1 Å². The van der Waals surface area contributed by atoms with Crippen molar-refractivity contribution in [3.8, 4) is 22.3 Å². The summed E-state index contributed by atoms with van der Waals surface area (Å²) in [7, 11) is 14.8. The molecular weight excluding hydrogens is 490 g/mol. The Bertz CT molecular complexity index is 1260. The maximum atomic E-state index is 11.3. The first-order valence-corrected chi connectivity index (χ1v) is 15.7. The molecule has 0 radical (unpaired) electrons. The standard InChI is InChI=1S/C14H11NO.C12H9N.Al.3ClH/c1-9(16)10-4-5-11-8-14-12(13(11)7-10)3-2-6-15-14;1-2-5-10-9(4-1)8-12-11(10)6-3-7-13-12;;;;/h2-7H,8H2,1H3;1-7H,8H2;;3*1H/q;;+3;;;/p-3. The molecule has 2 aromatic heterocycles. The van der Waals surface area contributed by atoms with E-state index in [1.54, 1.807) is 6.92 Å². The summed E-state index contributed by atoms with van der Waals surface area (Å²) in [4.78, 5) is 20.1. The summed E-state index contributed by atoms with van der Waals surface area (Å²) in [5, 5.41) is 0. The van der Waals surface area contributed by atoms with E-state index in [-0.39, 0.29) is 5.78 Å². The molecule has 0 N–H and O–H groups in total. The van der Waals surface area contributed by atoms with Crippen LogP contribution in [-0.4, -0.2) is 27.1 Å². The van der Waals surface area contributed by atoms with Gasteiger partial charge in [-0.15, -0.1) is 0 Å². The molecule has 0 bridgehead atoms. The zero-order chi connectivity index (χ0) is 23.4. The molecule has 0 spiro atoms. The smallest absolute Gasteiger partial charge is 0.295 e. The van der Waals surface area contributed by atoms with Gasteiger partial charge in [-0.2, -0.15) is 0 Å². The normalized spacial score (nSPS) is 11.5. The summed E-state index contributed by atoms with van der Waals surface area (Å²) in [6.07, 6.45) is 5.55. The molecule has 2 aliphatic carbocycles. The van der Waals surface area contributed by atoms with Gasteiger partial charge in [0.1, 0.15) is 0 Å². The maximum Gasteiger partial charge on any atom is 0.643 e. The zero-order valence-corrected chi connectivity index (χ0v) is 21.4. The second kappa shape index (κ2) is 10.8. The molecule has 0 saturated carbocycles.